The maximum Gasteiger partial charge on any atom is 0.254 e. The summed E-state index contributed by atoms with van der Waals surface area (Å²) in [6.45, 7) is 1.28. The molecule has 162 valence electrons. The minimum absolute atomic E-state index is 0.0454. The fourth-order valence-electron chi connectivity index (χ4n) is 3.88. The Bertz CT molecular complexity index is 1110. The molecule has 0 aliphatic carbocycles. The van der Waals surface area contributed by atoms with Crippen molar-refractivity contribution < 1.29 is 19.0 Å². The Morgan fingerprint density at radius 3 is 2.55 bits per heavy atom. The van der Waals surface area contributed by atoms with Gasteiger partial charge in [-0.15, -0.1) is 0 Å². The number of nitrogens with one attached hydrogen (secondary N) is 1. The second-order valence-corrected chi connectivity index (χ2v) is 7.63. The first-order chi connectivity index (χ1) is 15.1. The van der Waals surface area contributed by atoms with Crippen LogP contribution in [0.2, 0.25) is 0 Å². The van der Waals surface area contributed by atoms with Crippen LogP contribution in [0.25, 0.3) is 10.9 Å². The van der Waals surface area contributed by atoms with Gasteiger partial charge in [0.2, 0.25) is 0 Å². The van der Waals surface area contributed by atoms with Crippen molar-refractivity contribution in [1.29, 1.82) is 0 Å². The van der Waals surface area contributed by atoms with Crippen LogP contribution < -0.4 is 15.0 Å². The number of pyridine rings is 1. The van der Waals surface area contributed by atoms with Crippen LogP contribution in [0.15, 0.2) is 53.3 Å². The summed E-state index contributed by atoms with van der Waals surface area (Å²) in [5.41, 5.74) is 1.53. The maximum absolute atomic E-state index is 13.5. The van der Waals surface area contributed by atoms with E-state index in [2.05, 4.69) is 4.98 Å². The van der Waals surface area contributed by atoms with Crippen LogP contribution in [0.5, 0.6) is 11.5 Å². The van der Waals surface area contributed by atoms with Gasteiger partial charge in [-0.1, -0.05) is 18.2 Å². The molecule has 0 radical (unpaired) electrons. The Balaban J connectivity index is 1.68. The summed E-state index contributed by atoms with van der Waals surface area (Å²) in [5, 5.41) is 0.921. The van der Waals surface area contributed by atoms with E-state index >= 15 is 0 Å². The molecule has 0 spiro atoms. The molecular weight excluding hydrogens is 396 g/mol. The Morgan fingerprint density at radius 2 is 1.87 bits per heavy atom. The molecule has 1 atom stereocenters. The molecular formula is C24H26N2O5. The number of methoxy groups -OCH3 is 2. The van der Waals surface area contributed by atoms with Gasteiger partial charge in [0.15, 0.2) is 0 Å². The number of hydrogen-bond donors (Lipinski definition) is 1. The van der Waals surface area contributed by atoms with E-state index in [4.69, 9.17) is 14.2 Å². The lowest BCUT2D eigenvalue weighted by Crippen LogP contribution is -2.38. The number of benzene rings is 2. The number of carbonyl (C=O) groups is 1. The van der Waals surface area contributed by atoms with Crippen molar-refractivity contribution in [2.45, 2.75) is 25.5 Å². The quantitative estimate of drug-likeness (QED) is 0.631. The van der Waals surface area contributed by atoms with Gasteiger partial charge in [-0.25, -0.2) is 0 Å². The fraction of sp³-hybridized carbons (Fsp3) is 0.333. The minimum Gasteiger partial charge on any atom is -0.497 e. The molecule has 2 heterocycles. The Hall–Kier alpha value is -3.32. The lowest BCUT2D eigenvalue weighted by molar-refractivity contribution is 0.0506. The molecule has 7 heteroatoms. The van der Waals surface area contributed by atoms with Gasteiger partial charge in [0.25, 0.3) is 11.5 Å². The van der Waals surface area contributed by atoms with Crippen molar-refractivity contribution in [3.63, 3.8) is 0 Å². The number of hydrogen-bond acceptors (Lipinski definition) is 5. The van der Waals surface area contributed by atoms with E-state index in [1.165, 1.54) is 0 Å². The van der Waals surface area contributed by atoms with E-state index in [1.54, 1.807) is 37.3 Å². The molecule has 4 rings (SSSR count). The largest absolute Gasteiger partial charge is 0.497 e. The fourth-order valence-corrected chi connectivity index (χ4v) is 3.88. The number of ether oxygens (including phenoxy) is 3. The molecule has 1 saturated heterocycles. The van der Waals surface area contributed by atoms with E-state index in [1.807, 2.05) is 30.3 Å². The summed E-state index contributed by atoms with van der Waals surface area (Å²) in [7, 11) is 3.09. The van der Waals surface area contributed by atoms with Gasteiger partial charge in [-0.2, -0.15) is 0 Å². The highest BCUT2D eigenvalue weighted by molar-refractivity contribution is 5.95. The molecule has 1 fully saturated rings. The molecule has 1 aliphatic heterocycles. The van der Waals surface area contributed by atoms with Crippen molar-refractivity contribution in [3.05, 3.63) is 70.0 Å². The first-order valence-electron chi connectivity index (χ1n) is 10.3. The standard InChI is InChI=1S/C24H26N2O5/c1-29-20-11-17(12-21(13-20)30-2)24(28)26(15-19-7-5-9-31-19)14-18-10-16-6-3-4-8-22(16)25-23(18)27/h3-4,6,8,10-13,19H,5,7,9,14-15H2,1-2H3,(H,25,27). The zero-order valence-corrected chi connectivity index (χ0v) is 17.7. The third-order valence-electron chi connectivity index (χ3n) is 5.53. The van der Waals surface area contributed by atoms with Crippen molar-refractivity contribution in [2.75, 3.05) is 27.4 Å². The number of aromatic amines is 1. The highest BCUT2D eigenvalue weighted by Gasteiger charge is 2.25. The van der Waals surface area contributed by atoms with Crippen LogP contribution in [-0.4, -0.2) is 49.3 Å². The first-order valence-corrected chi connectivity index (χ1v) is 10.3. The summed E-state index contributed by atoms with van der Waals surface area (Å²) in [6, 6.07) is 14.5. The van der Waals surface area contributed by atoms with Crippen molar-refractivity contribution in [2.24, 2.45) is 0 Å². The van der Waals surface area contributed by atoms with Gasteiger partial charge < -0.3 is 24.1 Å². The average molecular weight is 422 g/mol. The molecule has 0 bridgehead atoms. The molecule has 1 unspecified atom stereocenters. The summed E-state index contributed by atoms with van der Waals surface area (Å²) in [6.07, 6.45) is 1.81. The van der Waals surface area contributed by atoms with E-state index < -0.39 is 0 Å². The molecule has 1 aliphatic rings. The predicted molar refractivity (Wildman–Crippen MR) is 118 cm³/mol. The predicted octanol–water partition coefficient (Wildman–Crippen LogP) is 3.37. The molecule has 1 aromatic heterocycles. The zero-order chi connectivity index (χ0) is 21.8. The van der Waals surface area contributed by atoms with Gasteiger partial charge in [-0.3, -0.25) is 9.59 Å². The number of rotatable bonds is 7. The highest BCUT2D eigenvalue weighted by Crippen LogP contribution is 2.25. The lowest BCUT2D eigenvalue weighted by Gasteiger charge is -2.26. The van der Waals surface area contributed by atoms with Crippen molar-refractivity contribution >= 4 is 16.8 Å². The number of amides is 1. The number of nitrogens with zero attached hydrogens (tertiary/aromatic N) is 1. The van der Waals surface area contributed by atoms with Crippen LogP contribution in [0.4, 0.5) is 0 Å². The van der Waals surface area contributed by atoms with Crippen molar-refractivity contribution in [3.8, 4) is 11.5 Å². The van der Waals surface area contributed by atoms with E-state index in [0.29, 0.717) is 35.8 Å². The van der Waals surface area contributed by atoms with Crippen molar-refractivity contribution in [1.82, 2.24) is 9.88 Å². The normalized spacial score (nSPS) is 15.7. The van der Waals surface area contributed by atoms with Gasteiger partial charge in [-0.05, 0) is 42.5 Å². The molecule has 31 heavy (non-hydrogen) atoms. The monoisotopic (exact) mass is 422 g/mol. The molecule has 7 nitrogen and oxygen atoms in total. The number of aromatic nitrogens is 1. The number of para-hydroxylation sites is 1. The average Bonchev–Trinajstić information content (AvgIpc) is 3.31. The first kappa shape index (κ1) is 20.9. The molecule has 0 saturated carbocycles. The van der Waals surface area contributed by atoms with E-state index in [9.17, 15) is 9.59 Å². The Labute approximate surface area is 180 Å². The van der Waals surface area contributed by atoms with E-state index in [-0.39, 0.29) is 24.1 Å². The number of H-pyrrole nitrogens is 1. The second-order valence-electron chi connectivity index (χ2n) is 7.63. The highest BCUT2D eigenvalue weighted by atomic mass is 16.5. The van der Waals surface area contributed by atoms with E-state index in [0.717, 1.165) is 23.7 Å². The Kier molecular flexibility index (Phi) is 6.23. The number of fused-ring (bicyclic) bond motifs is 1. The third-order valence-corrected chi connectivity index (χ3v) is 5.53. The number of carbonyl (C=O) groups excluding carboxylic acids is 1. The Morgan fingerprint density at radius 1 is 1.13 bits per heavy atom. The lowest BCUT2D eigenvalue weighted by atomic mass is 10.1. The zero-order valence-electron chi connectivity index (χ0n) is 17.7. The second kappa shape index (κ2) is 9.22. The van der Waals surface area contributed by atoms with Crippen LogP contribution in [-0.2, 0) is 11.3 Å². The summed E-state index contributed by atoms with van der Waals surface area (Å²) < 4.78 is 16.4. The van der Waals surface area contributed by atoms with Crippen LogP contribution in [0, 0.1) is 0 Å². The molecule has 1 N–H and O–H groups in total. The maximum atomic E-state index is 13.5. The van der Waals surface area contributed by atoms with Crippen LogP contribution in [0.3, 0.4) is 0 Å². The van der Waals surface area contributed by atoms with Gasteiger partial charge in [0, 0.05) is 35.9 Å². The van der Waals surface area contributed by atoms with Crippen LogP contribution in [0.1, 0.15) is 28.8 Å². The SMILES string of the molecule is COc1cc(OC)cc(C(=O)N(Cc2cc3ccccc3[nH]c2=O)CC2CCCO2)c1. The van der Waals surface area contributed by atoms with Gasteiger partial charge in [0.1, 0.15) is 11.5 Å². The van der Waals surface area contributed by atoms with Gasteiger partial charge >= 0.3 is 0 Å². The summed E-state index contributed by atoms with van der Waals surface area (Å²) in [5.74, 6) is 0.854. The summed E-state index contributed by atoms with van der Waals surface area (Å²) in [4.78, 5) is 30.8. The molecule has 1 amide bonds. The van der Waals surface area contributed by atoms with Crippen LogP contribution >= 0.6 is 0 Å². The smallest absolute Gasteiger partial charge is 0.254 e. The van der Waals surface area contributed by atoms with Gasteiger partial charge in [0.05, 0.1) is 26.9 Å². The molecule has 3 aromatic rings. The minimum atomic E-state index is -0.208. The third kappa shape index (κ3) is 4.72. The molecule has 2 aromatic carbocycles. The topological polar surface area (TPSA) is 80.9 Å². The summed E-state index contributed by atoms with van der Waals surface area (Å²) >= 11 is 0.